The van der Waals surface area contributed by atoms with E-state index in [9.17, 15) is 17.6 Å². The van der Waals surface area contributed by atoms with Gasteiger partial charge < -0.3 is 10.1 Å². The van der Waals surface area contributed by atoms with E-state index in [1.54, 1.807) is 6.92 Å². The number of hydrogen-bond acceptors (Lipinski definition) is 6. The molecule has 1 atom stereocenters. The average Bonchev–Trinajstić information content (AvgIpc) is 3.18. The molecule has 0 spiro atoms. The van der Waals surface area contributed by atoms with Crippen LogP contribution in [0.3, 0.4) is 0 Å². The van der Waals surface area contributed by atoms with E-state index >= 15 is 0 Å². The summed E-state index contributed by atoms with van der Waals surface area (Å²) in [6.07, 6.45) is -0.461. The lowest BCUT2D eigenvalue weighted by Gasteiger charge is -2.28. The van der Waals surface area contributed by atoms with Crippen LogP contribution >= 0.6 is 11.6 Å². The Bertz CT molecular complexity index is 1280. The highest BCUT2D eigenvalue weighted by Gasteiger charge is 2.35. The van der Waals surface area contributed by atoms with Crippen molar-refractivity contribution in [1.82, 2.24) is 20.1 Å². The van der Waals surface area contributed by atoms with Gasteiger partial charge in [0, 0.05) is 24.7 Å². The predicted molar refractivity (Wildman–Crippen MR) is 121 cm³/mol. The number of nitrogens with one attached hydrogen (secondary N) is 1. The van der Waals surface area contributed by atoms with E-state index in [0.717, 1.165) is 10.9 Å². The van der Waals surface area contributed by atoms with Crippen LogP contribution in [0.4, 0.5) is 9.18 Å². The van der Waals surface area contributed by atoms with Gasteiger partial charge in [-0.25, -0.2) is 27.3 Å². The summed E-state index contributed by atoms with van der Waals surface area (Å²) in [5.41, 5.74) is 0.381. The Morgan fingerprint density at radius 1 is 1.21 bits per heavy atom. The lowest BCUT2D eigenvalue weighted by Crippen LogP contribution is -2.29. The van der Waals surface area contributed by atoms with Crippen molar-refractivity contribution in [3.05, 3.63) is 64.8 Å². The van der Waals surface area contributed by atoms with E-state index in [4.69, 9.17) is 16.3 Å². The molecule has 33 heavy (non-hydrogen) atoms. The Balaban J connectivity index is 2.29. The zero-order valence-electron chi connectivity index (χ0n) is 18.8. The Kier molecular flexibility index (Phi) is 6.80. The molecular formula is C22H24ClFN4O4S. The summed E-state index contributed by atoms with van der Waals surface area (Å²) in [5.74, 6) is -0.557. The smallest absolute Gasteiger partial charge is 0.407 e. The van der Waals surface area contributed by atoms with Crippen molar-refractivity contribution in [2.24, 2.45) is 5.41 Å². The van der Waals surface area contributed by atoms with Gasteiger partial charge >= 0.3 is 6.09 Å². The first kappa shape index (κ1) is 24.7. The Labute approximate surface area is 196 Å². The topological polar surface area (TPSA) is 103 Å². The van der Waals surface area contributed by atoms with Crippen LogP contribution in [0, 0.1) is 18.2 Å². The van der Waals surface area contributed by atoms with Crippen molar-refractivity contribution in [2.45, 2.75) is 43.7 Å². The molecule has 0 saturated heterocycles. The first-order valence-electron chi connectivity index (χ1n) is 9.96. The second kappa shape index (κ2) is 9.11. The molecule has 2 heterocycles. The molecule has 1 aromatic carbocycles. The standard InChI is InChI=1S/C22H24ClFN4O4S/c1-13-6-7-14(24)10-17(13)28-19(33(30,31)15-8-9-18(23)26-12-15)11-16(27-28)20(22(2,3)4)32-21(29)25-5/h6-12,20H,1-5H3,(H,25,29). The number of sulfone groups is 1. The van der Waals surface area contributed by atoms with Crippen LogP contribution in [-0.4, -0.2) is 36.3 Å². The van der Waals surface area contributed by atoms with Crippen LogP contribution < -0.4 is 5.32 Å². The van der Waals surface area contributed by atoms with Gasteiger partial charge in [-0.3, -0.25) is 0 Å². The minimum atomic E-state index is -4.16. The van der Waals surface area contributed by atoms with Crippen LogP contribution in [0.15, 0.2) is 52.5 Å². The number of hydrogen-bond donors (Lipinski definition) is 1. The molecule has 1 N–H and O–H groups in total. The minimum Gasteiger partial charge on any atom is -0.439 e. The quantitative estimate of drug-likeness (QED) is 0.518. The third-order valence-electron chi connectivity index (χ3n) is 4.87. The zero-order chi connectivity index (χ0) is 24.6. The number of pyridine rings is 1. The predicted octanol–water partition coefficient (Wildman–Crippen LogP) is 4.64. The molecule has 0 aliphatic rings. The van der Waals surface area contributed by atoms with E-state index in [0.29, 0.717) is 5.56 Å². The maximum atomic E-state index is 14.1. The number of aryl methyl sites for hydroxylation is 1. The normalized spacial score (nSPS) is 12.9. The molecule has 176 valence electrons. The molecular weight excluding hydrogens is 471 g/mol. The van der Waals surface area contributed by atoms with Crippen LogP contribution in [0.5, 0.6) is 0 Å². The fourth-order valence-corrected chi connectivity index (χ4v) is 4.61. The summed E-state index contributed by atoms with van der Waals surface area (Å²) < 4.78 is 47.9. The van der Waals surface area contributed by atoms with Gasteiger partial charge in [0.1, 0.15) is 16.7 Å². The van der Waals surface area contributed by atoms with Crippen molar-refractivity contribution < 1.29 is 22.3 Å². The van der Waals surface area contributed by atoms with Crippen LogP contribution in [0.2, 0.25) is 5.15 Å². The molecule has 0 radical (unpaired) electrons. The van der Waals surface area contributed by atoms with Gasteiger partial charge in [0.25, 0.3) is 0 Å². The number of nitrogens with zero attached hydrogens (tertiary/aromatic N) is 3. The number of carbonyl (C=O) groups excluding carboxylic acids is 1. The van der Waals surface area contributed by atoms with Crippen LogP contribution in [-0.2, 0) is 14.6 Å². The Morgan fingerprint density at radius 3 is 2.48 bits per heavy atom. The summed E-state index contributed by atoms with van der Waals surface area (Å²) in [7, 11) is -2.74. The van der Waals surface area contributed by atoms with Gasteiger partial charge in [-0.2, -0.15) is 5.10 Å². The highest BCUT2D eigenvalue weighted by Crippen LogP contribution is 2.38. The molecule has 0 aliphatic carbocycles. The summed E-state index contributed by atoms with van der Waals surface area (Å²) in [5, 5.41) is 6.75. The number of aromatic nitrogens is 3. The SMILES string of the molecule is CNC(=O)OC(c1cc(S(=O)(=O)c2ccc(Cl)nc2)n(-c2cc(F)ccc2C)n1)C(C)(C)C. The summed E-state index contributed by atoms with van der Waals surface area (Å²) in [4.78, 5) is 15.7. The third-order valence-corrected chi connectivity index (χ3v) is 6.79. The lowest BCUT2D eigenvalue weighted by molar-refractivity contribution is 0.0284. The van der Waals surface area contributed by atoms with E-state index in [1.165, 1.54) is 43.4 Å². The summed E-state index contributed by atoms with van der Waals surface area (Å²) in [6.45, 7) is 7.18. The first-order chi connectivity index (χ1) is 15.3. The van der Waals surface area contributed by atoms with Crippen molar-refractivity contribution in [2.75, 3.05) is 7.05 Å². The Hall–Kier alpha value is -2.98. The molecule has 8 nitrogen and oxygen atoms in total. The van der Waals surface area contributed by atoms with Crippen molar-refractivity contribution in [3.8, 4) is 5.69 Å². The fourth-order valence-electron chi connectivity index (χ4n) is 3.17. The molecule has 3 rings (SSSR count). The number of carbonyl (C=O) groups is 1. The molecule has 0 bridgehead atoms. The van der Waals surface area contributed by atoms with E-state index in [2.05, 4.69) is 15.4 Å². The van der Waals surface area contributed by atoms with E-state index in [-0.39, 0.29) is 26.5 Å². The summed E-state index contributed by atoms with van der Waals surface area (Å²) in [6, 6.07) is 7.99. The monoisotopic (exact) mass is 494 g/mol. The van der Waals surface area contributed by atoms with Gasteiger partial charge in [-0.15, -0.1) is 0 Å². The first-order valence-corrected chi connectivity index (χ1v) is 11.8. The largest absolute Gasteiger partial charge is 0.439 e. The van der Waals surface area contributed by atoms with Crippen LogP contribution in [0.25, 0.3) is 5.69 Å². The molecule has 1 amide bonds. The van der Waals surface area contributed by atoms with Crippen molar-refractivity contribution >= 4 is 27.5 Å². The van der Waals surface area contributed by atoms with Gasteiger partial charge in [0.15, 0.2) is 11.1 Å². The zero-order valence-corrected chi connectivity index (χ0v) is 20.3. The number of rotatable bonds is 5. The second-order valence-electron chi connectivity index (χ2n) is 8.47. The van der Waals surface area contributed by atoms with Crippen molar-refractivity contribution in [1.29, 1.82) is 0 Å². The average molecular weight is 495 g/mol. The number of alkyl carbamates (subject to hydrolysis) is 1. The molecule has 3 aromatic rings. The van der Waals surface area contributed by atoms with E-state index in [1.807, 2.05) is 20.8 Å². The fraction of sp³-hybridized carbons (Fsp3) is 0.318. The van der Waals surface area contributed by atoms with Gasteiger partial charge in [0.2, 0.25) is 9.84 Å². The third kappa shape index (κ3) is 5.17. The number of halogens is 2. The minimum absolute atomic E-state index is 0.117. The second-order valence-corrected chi connectivity index (χ2v) is 10.8. The summed E-state index contributed by atoms with van der Waals surface area (Å²) >= 11 is 5.81. The van der Waals surface area contributed by atoms with Gasteiger partial charge in [0.05, 0.1) is 10.6 Å². The molecule has 0 fully saturated rings. The highest BCUT2D eigenvalue weighted by atomic mass is 35.5. The number of ether oxygens (including phenoxy) is 1. The molecule has 2 aromatic heterocycles. The van der Waals surface area contributed by atoms with E-state index < -0.39 is 33.3 Å². The Morgan fingerprint density at radius 2 is 1.91 bits per heavy atom. The number of benzene rings is 1. The highest BCUT2D eigenvalue weighted by molar-refractivity contribution is 7.91. The molecule has 11 heteroatoms. The van der Waals surface area contributed by atoms with Crippen LogP contribution in [0.1, 0.15) is 38.1 Å². The van der Waals surface area contributed by atoms with Gasteiger partial charge in [-0.1, -0.05) is 38.4 Å². The maximum Gasteiger partial charge on any atom is 0.407 e. The van der Waals surface area contributed by atoms with Crippen molar-refractivity contribution in [3.63, 3.8) is 0 Å². The lowest BCUT2D eigenvalue weighted by atomic mass is 9.87. The molecule has 0 saturated carbocycles. The molecule has 1 unspecified atom stereocenters. The maximum absolute atomic E-state index is 14.1. The molecule has 0 aliphatic heterocycles. The van der Waals surface area contributed by atoms with Gasteiger partial charge in [-0.05, 0) is 36.8 Å². The number of amides is 1.